The predicted molar refractivity (Wildman–Crippen MR) is 189 cm³/mol. The Morgan fingerprint density at radius 3 is 2.35 bits per heavy atom. The highest BCUT2D eigenvalue weighted by molar-refractivity contribution is 7.17. The number of anilines is 1. The Kier molecular flexibility index (Phi) is 11.7. The first kappa shape index (κ1) is 35.9. The highest BCUT2D eigenvalue weighted by atomic mass is 35.5. The normalized spacial score (nSPS) is 22.2. The summed E-state index contributed by atoms with van der Waals surface area (Å²) < 4.78 is 35.0. The van der Waals surface area contributed by atoms with Gasteiger partial charge in [0.25, 0.3) is 5.91 Å². The lowest BCUT2D eigenvalue weighted by Crippen LogP contribution is -2.69. The van der Waals surface area contributed by atoms with Gasteiger partial charge in [0.15, 0.2) is 5.78 Å². The van der Waals surface area contributed by atoms with Gasteiger partial charge >= 0.3 is 5.97 Å². The van der Waals surface area contributed by atoms with E-state index >= 15 is 4.39 Å². The molecule has 3 fully saturated rings. The lowest BCUT2D eigenvalue weighted by molar-refractivity contribution is -0.261. The standard InChI is InChI=1S/C37H45ClFN3O6S/c1-3-47-36(45)24-10-13-27(14-11-24)48-37(41-18-6-7-19-41,42-20-16-26(46-2)17-21-42)32(43)22-25-12-15-30(33(38)34(25)39)40-35(44)29-23-49-31-9-5-4-8-28(29)31/h4-5,8-9,12,15,23-24,26-27H,3,6-7,10-11,13-14,16-22H2,1-2H3,(H,40,44). The number of likely N-dealkylation sites (tertiary alicyclic amines) is 2. The number of hydrogen-bond donors (Lipinski definition) is 1. The number of hydrogen-bond acceptors (Lipinski definition) is 9. The van der Waals surface area contributed by atoms with E-state index < -0.39 is 11.7 Å². The highest BCUT2D eigenvalue weighted by Gasteiger charge is 2.53. The van der Waals surface area contributed by atoms with Crippen LogP contribution in [0.1, 0.15) is 74.2 Å². The van der Waals surface area contributed by atoms with Crippen LogP contribution in [0.2, 0.25) is 5.02 Å². The molecular weight excluding hydrogens is 669 g/mol. The highest BCUT2D eigenvalue weighted by Crippen LogP contribution is 2.38. The average molecular weight is 714 g/mol. The first-order valence-electron chi connectivity index (χ1n) is 17.4. The van der Waals surface area contributed by atoms with Gasteiger partial charge in [-0.1, -0.05) is 35.9 Å². The van der Waals surface area contributed by atoms with E-state index in [0.717, 1.165) is 35.8 Å². The lowest BCUT2D eigenvalue weighted by atomic mass is 9.87. The van der Waals surface area contributed by atoms with Crippen molar-refractivity contribution in [3.63, 3.8) is 0 Å². The molecule has 1 atom stereocenters. The molecule has 49 heavy (non-hydrogen) atoms. The van der Waals surface area contributed by atoms with E-state index in [-0.39, 0.29) is 58.5 Å². The fraction of sp³-hybridized carbons (Fsp3) is 0.541. The van der Waals surface area contributed by atoms with Gasteiger partial charge in [-0.25, -0.2) is 4.39 Å². The number of piperidine rings is 1. The molecule has 1 aliphatic carbocycles. The number of esters is 1. The van der Waals surface area contributed by atoms with Crippen molar-refractivity contribution >= 4 is 56.4 Å². The van der Waals surface area contributed by atoms with Crippen molar-refractivity contribution in [3.8, 4) is 0 Å². The topological polar surface area (TPSA) is 97.4 Å². The Labute approximate surface area is 296 Å². The molecule has 9 nitrogen and oxygen atoms in total. The SMILES string of the molecule is CCOC(=O)C1CCC(OC(C(=O)Cc2ccc(NC(=O)c3csc4ccccc34)c(Cl)c2F)(N2CCCC2)N2CCC(OC)CC2)CC1. The number of halogens is 2. The van der Waals surface area contributed by atoms with Crippen LogP contribution in [0, 0.1) is 11.7 Å². The van der Waals surface area contributed by atoms with Crippen LogP contribution in [0.15, 0.2) is 41.8 Å². The molecule has 3 aromatic rings. The smallest absolute Gasteiger partial charge is 0.308 e. The minimum absolute atomic E-state index is 0.0914. The van der Waals surface area contributed by atoms with Crippen LogP contribution in [0.4, 0.5) is 10.1 Å². The van der Waals surface area contributed by atoms with Crippen LogP contribution < -0.4 is 5.32 Å². The third kappa shape index (κ3) is 7.57. The minimum atomic E-state index is -1.40. The number of Topliss-reactive ketones (excluding diaryl/α,β-unsaturated/α-hetero) is 1. The van der Waals surface area contributed by atoms with E-state index in [0.29, 0.717) is 64.0 Å². The number of benzene rings is 2. The van der Waals surface area contributed by atoms with Gasteiger partial charge in [-0.2, -0.15) is 0 Å². The number of ether oxygens (including phenoxy) is 3. The van der Waals surface area contributed by atoms with Gasteiger partial charge in [-0.05, 0) is 76.0 Å². The number of fused-ring (bicyclic) bond motifs is 1. The number of rotatable bonds is 12. The second-order valence-electron chi connectivity index (χ2n) is 13.2. The molecule has 2 aliphatic heterocycles. The molecule has 1 N–H and O–H groups in total. The van der Waals surface area contributed by atoms with Gasteiger partial charge in [-0.15, -0.1) is 11.3 Å². The van der Waals surface area contributed by atoms with Crippen LogP contribution in [0.25, 0.3) is 10.1 Å². The summed E-state index contributed by atoms with van der Waals surface area (Å²) in [4.78, 5) is 44.7. The lowest BCUT2D eigenvalue weighted by Gasteiger charge is -2.51. The van der Waals surface area contributed by atoms with Crippen molar-refractivity contribution in [1.82, 2.24) is 9.80 Å². The van der Waals surface area contributed by atoms with Gasteiger partial charge in [0.2, 0.25) is 5.85 Å². The summed E-state index contributed by atoms with van der Waals surface area (Å²) in [6.07, 6.45) is 5.42. The largest absolute Gasteiger partial charge is 0.466 e. The van der Waals surface area contributed by atoms with E-state index in [1.165, 1.54) is 17.4 Å². The average Bonchev–Trinajstić information content (AvgIpc) is 3.82. The number of ketones is 1. The number of amides is 1. The molecule has 0 spiro atoms. The maximum atomic E-state index is 16.1. The van der Waals surface area contributed by atoms with Crippen molar-refractivity contribution in [2.45, 2.75) is 82.8 Å². The number of nitrogens with zero attached hydrogens (tertiary/aromatic N) is 2. The fourth-order valence-corrected chi connectivity index (χ4v) is 8.72. The number of carbonyl (C=O) groups excluding carboxylic acids is 3. The molecule has 0 bridgehead atoms. The van der Waals surface area contributed by atoms with Crippen molar-refractivity contribution in [2.24, 2.45) is 5.92 Å². The molecule has 1 saturated carbocycles. The van der Waals surface area contributed by atoms with Gasteiger partial charge in [0.1, 0.15) is 10.8 Å². The first-order valence-corrected chi connectivity index (χ1v) is 18.7. The number of nitrogens with one attached hydrogen (secondary N) is 1. The van der Waals surface area contributed by atoms with Gasteiger partial charge < -0.3 is 19.5 Å². The van der Waals surface area contributed by atoms with Crippen LogP contribution in [-0.2, 0) is 30.2 Å². The number of thiophene rings is 1. The van der Waals surface area contributed by atoms with Crippen molar-refractivity contribution < 1.29 is 33.0 Å². The summed E-state index contributed by atoms with van der Waals surface area (Å²) in [7, 11) is 1.71. The Hall–Kier alpha value is -2.93. The second-order valence-corrected chi connectivity index (χ2v) is 14.5. The monoisotopic (exact) mass is 713 g/mol. The molecule has 6 rings (SSSR count). The molecule has 2 aromatic carbocycles. The Morgan fingerprint density at radius 2 is 1.65 bits per heavy atom. The van der Waals surface area contributed by atoms with Gasteiger partial charge in [0, 0.05) is 55.2 Å². The number of carbonyl (C=O) groups is 3. The molecule has 3 heterocycles. The summed E-state index contributed by atoms with van der Waals surface area (Å²) in [6, 6.07) is 10.7. The third-order valence-electron chi connectivity index (χ3n) is 10.2. The van der Waals surface area contributed by atoms with Crippen molar-refractivity contribution in [3.05, 3.63) is 63.7 Å². The molecule has 1 aromatic heterocycles. The molecule has 1 amide bonds. The minimum Gasteiger partial charge on any atom is -0.466 e. The van der Waals surface area contributed by atoms with Crippen LogP contribution in [-0.4, -0.2) is 85.4 Å². The fourth-order valence-electron chi connectivity index (χ4n) is 7.55. The first-order chi connectivity index (χ1) is 23.7. The molecule has 264 valence electrons. The van der Waals surface area contributed by atoms with E-state index in [1.54, 1.807) is 18.6 Å². The van der Waals surface area contributed by atoms with Crippen molar-refractivity contribution in [1.29, 1.82) is 0 Å². The third-order valence-corrected chi connectivity index (χ3v) is 11.5. The summed E-state index contributed by atoms with van der Waals surface area (Å²) in [5.41, 5.74) is 0.758. The Balaban J connectivity index is 1.25. The molecular formula is C37H45ClFN3O6S. The van der Waals surface area contributed by atoms with Gasteiger partial charge in [-0.3, -0.25) is 24.2 Å². The molecule has 1 unspecified atom stereocenters. The summed E-state index contributed by atoms with van der Waals surface area (Å²) >= 11 is 8.00. The summed E-state index contributed by atoms with van der Waals surface area (Å²) in [5.74, 6) is -3.15. The quantitative estimate of drug-likeness (QED) is 0.200. The van der Waals surface area contributed by atoms with Crippen LogP contribution in [0.5, 0.6) is 0 Å². The molecule has 3 aliphatic rings. The van der Waals surface area contributed by atoms with Crippen LogP contribution in [0.3, 0.4) is 0 Å². The zero-order valence-electron chi connectivity index (χ0n) is 28.2. The van der Waals surface area contributed by atoms with Crippen molar-refractivity contribution in [2.75, 3.05) is 45.2 Å². The zero-order chi connectivity index (χ0) is 34.5. The maximum absolute atomic E-state index is 16.1. The van der Waals surface area contributed by atoms with E-state index in [2.05, 4.69) is 15.1 Å². The second kappa shape index (κ2) is 16.0. The van der Waals surface area contributed by atoms with E-state index in [4.69, 9.17) is 25.8 Å². The zero-order valence-corrected chi connectivity index (χ0v) is 29.8. The summed E-state index contributed by atoms with van der Waals surface area (Å²) in [6.45, 7) is 4.69. The molecule has 0 radical (unpaired) electrons. The van der Waals surface area contributed by atoms with Crippen LogP contribution >= 0.6 is 22.9 Å². The molecule has 12 heteroatoms. The van der Waals surface area contributed by atoms with E-state index in [9.17, 15) is 14.4 Å². The molecule has 2 saturated heterocycles. The van der Waals surface area contributed by atoms with E-state index in [1.807, 2.05) is 31.2 Å². The summed E-state index contributed by atoms with van der Waals surface area (Å²) in [5, 5.41) is 5.10. The maximum Gasteiger partial charge on any atom is 0.308 e. The Morgan fingerprint density at radius 1 is 0.959 bits per heavy atom. The predicted octanol–water partition coefficient (Wildman–Crippen LogP) is 7.06. The van der Waals surface area contributed by atoms with Gasteiger partial charge in [0.05, 0.1) is 36.0 Å². The number of methoxy groups -OCH3 is 1. The Bertz CT molecular complexity index is 1650.